The first-order chi connectivity index (χ1) is 7.49. The minimum atomic E-state index is -0.804. The van der Waals surface area contributed by atoms with Gasteiger partial charge in [-0.05, 0) is 13.3 Å². The molecule has 1 aliphatic rings. The largest absolute Gasteiger partial charge is 0.480 e. The molecule has 0 radical (unpaired) electrons. The predicted molar refractivity (Wildman–Crippen MR) is 71.0 cm³/mol. The highest BCUT2D eigenvalue weighted by atomic mass is 32.2. The first kappa shape index (κ1) is 13.7. The molecular weight excluding hydrogens is 244 g/mol. The van der Waals surface area contributed by atoms with Gasteiger partial charge in [0.1, 0.15) is 9.07 Å². The summed E-state index contributed by atoms with van der Waals surface area (Å²) in [5.41, 5.74) is 0. The van der Waals surface area contributed by atoms with E-state index in [1.165, 1.54) is 11.8 Å². The third-order valence-electron chi connectivity index (χ3n) is 2.81. The van der Waals surface area contributed by atoms with Crippen LogP contribution in [0.25, 0.3) is 0 Å². The van der Waals surface area contributed by atoms with Crippen LogP contribution in [0.2, 0.25) is 0 Å². The highest BCUT2D eigenvalue weighted by Crippen LogP contribution is 2.31. The molecule has 0 amide bonds. The Labute approximate surface area is 106 Å². The molecular formula is C10H18N2O2S2. The van der Waals surface area contributed by atoms with E-state index in [0.29, 0.717) is 10.7 Å². The Hall–Kier alpha value is -0.330. The molecule has 0 aromatic rings. The van der Waals surface area contributed by atoms with Crippen LogP contribution in [-0.4, -0.2) is 51.2 Å². The molecule has 1 heterocycles. The summed E-state index contributed by atoms with van der Waals surface area (Å²) in [6, 6.07) is 0. The molecule has 16 heavy (non-hydrogen) atoms. The molecule has 1 rings (SSSR count). The maximum Gasteiger partial charge on any atom is 0.319 e. The van der Waals surface area contributed by atoms with E-state index in [-0.39, 0.29) is 0 Å². The SMILES string of the molecule is CCC(C)(SC(=S)N1CCNCC1)C(=O)O. The lowest BCUT2D eigenvalue weighted by atomic mass is 10.1. The third-order valence-corrected chi connectivity index (χ3v) is 4.67. The molecule has 0 bridgehead atoms. The molecule has 0 spiro atoms. The standard InChI is InChI=1S/C10H18N2O2S2/c1-3-10(2,8(13)14)16-9(15)12-6-4-11-5-7-12/h11H,3-7H2,1-2H3,(H,13,14). The summed E-state index contributed by atoms with van der Waals surface area (Å²) in [6.07, 6.45) is 0.569. The Bertz CT molecular complexity index is 280. The first-order valence-electron chi connectivity index (χ1n) is 5.41. The minimum absolute atomic E-state index is 0.569. The fourth-order valence-electron chi connectivity index (χ4n) is 1.37. The number of rotatable bonds is 3. The van der Waals surface area contributed by atoms with Crippen molar-refractivity contribution < 1.29 is 9.90 Å². The summed E-state index contributed by atoms with van der Waals surface area (Å²) >= 11 is 6.60. The fourth-order valence-corrected chi connectivity index (χ4v) is 3.03. The Kier molecular flexibility index (Phi) is 5.01. The smallest absolute Gasteiger partial charge is 0.319 e. The van der Waals surface area contributed by atoms with Gasteiger partial charge in [-0.25, -0.2) is 0 Å². The normalized spacial score (nSPS) is 20.2. The van der Waals surface area contributed by atoms with Crippen molar-refractivity contribution >= 4 is 34.3 Å². The number of thiocarbonyl (C=S) groups is 1. The number of carbonyl (C=O) groups is 1. The van der Waals surface area contributed by atoms with E-state index in [2.05, 4.69) is 10.2 Å². The van der Waals surface area contributed by atoms with Crippen molar-refractivity contribution in [2.75, 3.05) is 26.2 Å². The summed E-state index contributed by atoms with van der Waals surface area (Å²) < 4.78 is -0.102. The molecule has 0 aliphatic carbocycles. The molecule has 1 saturated heterocycles. The summed E-state index contributed by atoms with van der Waals surface area (Å²) in [6.45, 7) is 7.17. The van der Waals surface area contributed by atoms with E-state index in [9.17, 15) is 4.79 Å². The Morgan fingerprint density at radius 3 is 2.56 bits per heavy atom. The van der Waals surface area contributed by atoms with Crippen LogP contribution >= 0.6 is 24.0 Å². The van der Waals surface area contributed by atoms with Crippen LogP contribution in [-0.2, 0) is 4.79 Å². The zero-order chi connectivity index (χ0) is 12.2. The maximum absolute atomic E-state index is 11.2. The second-order valence-electron chi connectivity index (χ2n) is 3.99. The van der Waals surface area contributed by atoms with E-state index >= 15 is 0 Å². The topological polar surface area (TPSA) is 52.6 Å². The molecule has 1 fully saturated rings. The van der Waals surface area contributed by atoms with Crippen molar-refractivity contribution in [3.8, 4) is 0 Å². The molecule has 92 valence electrons. The summed E-state index contributed by atoms with van der Waals surface area (Å²) in [5.74, 6) is -0.794. The minimum Gasteiger partial charge on any atom is -0.480 e. The van der Waals surface area contributed by atoms with Gasteiger partial charge in [-0.2, -0.15) is 0 Å². The van der Waals surface area contributed by atoms with Crippen molar-refractivity contribution in [3.05, 3.63) is 0 Å². The Morgan fingerprint density at radius 2 is 2.12 bits per heavy atom. The van der Waals surface area contributed by atoms with Crippen LogP contribution in [0.5, 0.6) is 0 Å². The van der Waals surface area contributed by atoms with Crippen LogP contribution in [0.4, 0.5) is 0 Å². The van der Waals surface area contributed by atoms with Crippen molar-refractivity contribution in [2.45, 2.75) is 25.0 Å². The number of aliphatic carboxylic acids is 1. The van der Waals surface area contributed by atoms with Gasteiger partial charge < -0.3 is 15.3 Å². The highest BCUT2D eigenvalue weighted by molar-refractivity contribution is 8.24. The molecule has 2 N–H and O–H groups in total. The van der Waals surface area contributed by atoms with Crippen molar-refractivity contribution in [2.24, 2.45) is 0 Å². The average Bonchev–Trinajstić information content (AvgIpc) is 2.29. The van der Waals surface area contributed by atoms with E-state index in [0.717, 1.165) is 26.2 Å². The number of carboxylic acid groups (broad SMARTS) is 1. The van der Waals surface area contributed by atoms with Crippen LogP contribution in [0.1, 0.15) is 20.3 Å². The van der Waals surface area contributed by atoms with Gasteiger partial charge in [0.15, 0.2) is 0 Å². The number of thioether (sulfide) groups is 1. The Balaban J connectivity index is 2.57. The van der Waals surface area contributed by atoms with Gasteiger partial charge >= 0.3 is 5.97 Å². The Morgan fingerprint density at radius 1 is 1.56 bits per heavy atom. The lowest BCUT2D eigenvalue weighted by Crippen LogP contribution is -2.46. The summed E-state index contributed by atoms with van der Waals surface area (Å²) in [5, 5.41) is 12.4. The van der Waals surface area contributed by atoms with Crippen LogP contribution in [0, 0.1) is 0 Å². The number of hydrogen-bond donors (Lipinski definition) is 2. The van der Waals surface area contributed by atoms with Crippen molar-refractivity contribution in [3.63, 3.8) is 0 Å². The van der Waals surface area contributed by atoms with Crippen LogP contribution < -0.4 is 5.32 Å². The number of piperazine rings is 1. The quantitative estimate of drug-likeness (QED) is 0.745. The van der Waals surface area contributed by atoms with Gasteiger partial charge in [-0.3, -0.25) is 4.79 Å². The molecule has 1 atom stereocenters. The highest BCUT2D eigenvalue weighted by Gasteiger charge is 2.34. The molecule has 6 heteroatoms. The van der Waals surface area contributed by atoms with Gasteiger partial charge in [0.05, 0.1) is 0 Å². The fraction of sp³-hybridized carbons (Fsp3) is 0.800. The van der Waals surface area contributed by atoms with Gasteiger partial charge in [-0.1, -0.05) is 30.9 Å². The zero-order valence-electron chi connectivity index (χ0n) is 9.65. The van der Waals surface area contributed by atoms with E-state index < -0.39 is 10.7 Å². The number of hydrogen-bond acceptors (Lipinski definition) is 4. The van der Waals surface area contributed by atoms with Gasteiger partial charge in [0.2, 0.25) is 0 Å². The van der Waals surface area contributed by atoms with Crippen LogP contribution in [0.3, 0.4) is 0 Å². The molecule has 1 aliphatic heterocycles. The second-order valence-corrected chi connectivity index (χ2v) is 6.13. The lowest BCUT2D eigenvalue weighted by molar-refractivity contribution is -0.139. The van der Waals surface area contributed by atoms with Gasteiger partial charge in [-0.15, -0.1) is 0 Å². The third kappa shape index (κ3) is 3.33. The number of nitrogens with zero attached hydrogens (tertiary/aromatic N) is 1. The maximum atomic E-state index is 11.2. The van der Waals surface area contributed by atoms with E-state index in [1.807, 2.05) is 6.92 Å². The first-order valence-corrected chi connectivity index (χ1v) is 6.64. The van der Waals surface area contributed by atoms with Crippen LogP contribution in [0.15, 0.2) is 0 Å². The van der Waals surface area contributed by atoms with Gasteiger partial charge in [0.25, 0.3) is 0 Å². The van der Waals surface area contributed by atoms with Crippen molar-refractivity contribution in [1.82, 2.24) is 10.2 Å². The monoisotopic (exact) mass is 262 g/mol. The number of carboxylic acids is 1. The van der Waals surface area contributed by atoms with E-state index in [4.69, 9.17) is 17.3 Å². The zero-order valence-corrected chi connectivity index (χ0v) is 11.3. The predicted octanol–water partition coefficient (Wildman–Crippen LogP) is 1.16. The molecule has 0 aromatic heterocycles. The second kappa shape index (κ2) is 5.84. The average molecular weight is 262 g/mol. The molecule has 0 aromatic carbocycles. The van der Waals surface area contributed by atoms with Gasteiger partial charge in [0, 0.05) is 26.2 Å². The lowest BCUT2D eigenvalue weighted by Gasteiger charge is -2.32. The molecule has 1 unspecified atom stereocenters. The summed E-state index contributed by atoms with van der Waals surface area (Å²) in [4.78, 5) is 13.2. The van der Waals surface area contributed by atoms with E-state index in [1.54, 1.807) is 6.92 Å². The van der Waals surface area contributed by atoms with Crippen molar-refractivity contribution in [1.29, 1.82) is 0 Å². The molecule has 4 nitrogen and oxygen atoms in total. The number of nitrogens with one attached hydrogen (secondary N) is 1. The summed E-state index contributed by atoms with van der Waals surface area (Å²) in [7, 11) is 0. The molecule has 0 saturated carbocycles.